The zero-order valence-electron chi connectivity index (χ0n) is 14.9. The molecule has 1 aromatic heterocycles. The van der Waals surface area contributed by atoms with E-state index in [1.807, 2.05) is 30.0 Å². The molecular formula is C19H21ClN4O3. The number of carbonyl (C=O) groups is 2. The minimum absolute atomic E-state index is 0.0587. The second kappa shape index (κ2) is 8.73. The standard InChI is InChI=1S/C19H21ClN4O3/c1-2-9-22-19(26)16-11-24(14-7-3-4-8-15(14)27-16)12-17(25)23-13-6-5-10-21-18(13)20/h3-8,10,16H,2,9,11-12H2,1H3,(H,22,26)(H,23,25)/t16-/m1/s1. The highest BCUT2D eigenvalue weighted by Gasteiger charge is 2.31. The van der Waals surface area contributed by atoms with Gasteiger partial charge < -0.3 is 20.3 Å². The second-order valence-electron chi connectivity index (χ2n) is 6.14. The Labute approximate surface area is 162 Å². The Hall–Kier alpha value is -2.80. The fourth-order valence-electron chi connectivity index (χ4n) is 2.80. The van der Waals surface area contributed by atoms with Gasteiger partial charge in [-0.3, -0.25) is 9.59 Å². The quantitative estimate of drug-likeness (QED) is 0.743. The summed E-state index contributed by atoms with van der Waals surface area (Å²) in [5, 5.41) is 5.81. The molecule has 0 aliphatic carbocycles. The Morgan fingerprint density at radius 3 is 2.89 bits per heavy atom. The van der Waals surface area contributed by atoms with E-state index >= 15 is 0 Å². The van der Waals surface area contributed by atoms with Crippen molar-refractivity contribution in [3.05, 3.63) is 47.7 Å². The maximum Gasteiger partial charge on any atom is 0.262 e. The first-order valence-electron chi connectivity index (χ1n) is 8.77. The number of rotatable bonds is 6. The summed E-state index contributed by atoms with van der Waals surface area (Å²) in [5.74, 6) is 0.133. The number of fused-ring (bicyclic) bond motifs is 1. The van der Waals surface area contributed by atoms with Crippen LogP contribution in [-0.2, 0) is 9.59 Å². The monoisotopic (exact) mass is 388 g/mol. The topological polar surface area (TPSA) is 83.6 Å². The predicted octanol–water partition coefficient (Wildman–Crippen LogP) is 2.47. The van der Waals surface area contributed by atoms with Crippen LogP contribution in [0.3, 0.4) is 0 Å². The molecule has 1 aliphatic rings. The Bertz CT molecular complexity index is 830. The number of nitrogens with one attached hydrogen (secondary N) is 2. The number of nitrogens with zero attached hydrogens (tertiary/aromatic N) is 2. The summed E-state index contributed by atoms with van der Waals surface area (Å²) in [7, 11) is 0. The van der Waals surface area contributed by atoms with E-state index < -0.39 is 6.10 Å². The lowest BCUT2D eigenvalue weighted by Gasteiger charge is -2.35. The highest BCUT2D eigenvalue weighted by atomic mass is 35.5. The number of amides is 2. The third-order valence-electron chi connectivity index (χ3n) is 4.07. The molecule has 2 amide bonds. The van der Waals surface area contributed by atoms with Gasteiger partial charge in [0.05, 0.1) is 24.5 Å². The normalized spacial score (nSPS) is 15.5. The van der Waals surface area contributed by atoms with Gasteiger partial charge in [0.1, 0.15) is 5.75 Å². The lowest BCUT2D eigenvalue weighted by atomic mass is 10.1. The van der Waals surface area contributed by atoms with Gasteiger partial charge in [0.15, 0.2) is 11.3 Å². The highest BCUT2D eigenvalue weighted by Crippen LogP contribution is 2.33. The van der Waals surface area contributed by atoms with E-state index in [9.17, 15) is 9.59 Å². The molecule has 1 atom stereocenters. The van der Waals surface area contributed by atoms with Gasteiger partial charge in [0, 0.05) is 12.7 Å². The number of carbonyl (C=O) groups excluding carboxylic acids is 2. The SMILES string of the molecule is CCCNC(=O)[C@H]1CN(CC(=O)Nc2cccnc2Cl)c2ccccc2O1. The van der Waals surface area contributed by atoms with Gasteiger partial charge in [-0.05, 0) is 30.7 Å². The molecule has 0 bridgehead atoms. The molecular weight excluding hydrogens is 368 g/mol. The van der Waals surface area contributed by atoms with Crippen LogP contribution in [0.25, 0.3) is 0 Å². The van der Waals surface area contributed by atoms with Crippen molar-refractivity contribution in [2.75, 3.05) is 29.9 Å². The summed E-state index contributed by atoms with van der Waals surface area (Å²) in [6, 6.07) is 10.7. The van der Waals surface area contributed by atoms with E-state index in [1.54, 1.807) is 24.4 Å². The van der Waals surface area contributed by atoms with Gasteiger partial charge in [-0.15, -0.1) is 0 Å². The van der Waals surface area contributed by atoms with Crippen molar-refractivity contribution in [3.63, 3.8) is 0 Å². The maximum absolute atomic E-state index is 12.5. The zero-order valence-corrected chi connectivity index (χ0v) is 15.7. The molecule has 1 aromatic carbocycles. The summed E-state index contributed by atoms with van der Waals surface area (Å²) in [4.78, 5) is 30.6. The van der Waals surface area contributed by atoms with Crippen molar-refractivity contribution in [2.45, 2.75) is 19.4 Å². The maximum atomic E-state index is 12.5. The molecule has 2 N–H and O–H groups in total. The van der Waals surface area contributed by atoms with E-state index in [-0.39, 0.29) is 30.1 Å². The fraction of sp³-hybridized carbons (Fsp3) is 0.316. The predicted molar refractivity (Wildman–Crippen MR) is 104 cm³/mol. The van der Waals surface area contributed by atoms with Crippen LogP contribution in [0.5, 0.6) is 5.75 Å². The third-order valence-corrected chi connectivity index (χ3v) is 4.37. The van der Waals surface area contributed by atoms with Crippen LogP contribution in [0, 0.1) is 0 Å². The van der Waals surface area contributed by atoms with Crippen LogP contribution in [0.1, 0.15) is 13.3 Å². The summed E-state index contributed by atoms with van der Waals surface area (Å²) >= 11 is 5.99. The summed E-state index contributed by atoms with van der Waals surface area (Å²) in [5.41, 5.74) is 1.22. The Morgan fingerprint density at radius 1 is 1.30 bits per heavy atom. The largest absolute Gasteiger partial charge is 0.477 e. The number of benzene rings is 1. The molecule has 7 nitrogen and oxygen atoms in total. The van der Waals surface area contributed by atoms with Crippen LogP contribution in [0.4, 0.5) is 11.4 Å². The van der Waals surface area contributed by atoms with Crippen LogP contribution < -0.4 is 20.3 Å². The highest BCUT2D eigenvalue weighted by molar-refractivity contribution is 6.32. The van der Waals surface area contributed by atoms with E-state index in [2.05, 4.69) is 15.6 Å². The van der Waals surface area contributed by atoms with E-state index in [0.717, 1.165) is 12.1 Å². The van der Waals surface area contributed by atoms with Crippen molar-refractivity contribution in [1.82, 2.24) is 10.3 Å². The minimum Gasteiger partial charge on any atom is -0.477 e. The molecule has 1 aliphatic heterocycles. The average molecular weight is 389 g/mol. The first-order chi connectivity index (χ1) is 13.1. The molecule has 0 unspecified atom stereocenters. The van der Waals surface area contributed by atoms with E-state index in [0.29, 0.717) is 18.0 Å². The summed E-state index contributed by atoms with van der Waals surface area (Å²) in [6.07, 6.45) is 1.71. The molecule has 8 heteroatoms. The number of hydrogen-bond donors (Lipinski definition) is 2. The van der Waals surface area contributed by atoms with Crippen molar-refractivity contribution in [2.24, 2.45) is 0 Å². The number of hydrogen-bond acceptors (Lipinski definition) is 5. The Morgan fingerprint density at radius 2 is 2.11 bits per heavy atom. The number of halogens is 1. The average Bonchev–Trinajstić information content (AvgIpc) is 2.67. The molecule has 0 saturated heterocycles. The van der Waals surface area contributed by atoms with E-state index in [1.165, 1.54) is 0 Å². The third kappa shape index (κ3) is 4.68. The smallest absolute Gasteiger partial charge is 0.262 e. The van der Waals surface area contributed by atoms with E-state index in [4.69, 9.17) is 16.3 Å². The second-order valence-corrected chi connectivity index (χ2v) is 6.49. The first kappa shape index (κ1) is 19.0. The number of pyridine rings is 1. The van der Waals surface area contributed by atoms with Crippen molar-refractivity contribution < 1.29 is 14.3 Å². The van der Waals surface area contributed by atoms with Crippen LogP contribution >= 0.6 is 11.6 Å². The van der Waals surface area contributed by atoms with Crippen LogP contribution in [0.2, 0.25) is 5.15 Å². The van der Waals surface area contributed by atoms with Crippen molar-refractivity contribution >= 4 is 34.8 Å². The van der Waals surface area contributed by atoms with Gasteiger partial charge in [-0.1, -0.05) is 30.7 Å². The van der Waals surface area contributed by atoms with Gasteiger partial charge in [-0.25, -0.2) is 4.98 Å². The van der Waals surface area contributed by atoms with Gasteiger partial charge in [0.25, 0.3) is 5.91 Å². The number of para-hydroxylation sites is 2. The molecule has 2 heterocycles. The van der Waals surface area contributed by atoms with Gasteiger partial charge in [0.2, 0.25) is 5.91 Å². The lowest BCUT2D eigenvalue weighted by Crippen LogP contribution is -2.50. The van der Waals surface area contributed by atoms with Gasteiger partial charge >= 0.3 is 0 Å². The minimum atomic E-state index is -0.679. The first-order valence-corrected chi connectivity index (χ1v) is 9.15. The van der Waals surface area contributed by atoms with Crippen molar-refractivity contribution in [3.8, 4) is 5.75 Å². The summed E-state index contributed by atoms with van der Waals surface area (Å²) < 4.78 is 5.82. The molecule has 0 radical (unpaired) electrons. The number of ether oxygens (including phenoxy) is 1. The molecule has 0 fully saturated rings. The zero-order chi connectivity index (χ0) is 19.2. The molecule has 27 heavy (non-hydrogen) atoms. The van der Waals surface area contributed by atoms with Crippen LogP contribution in [0.15, 0.2) is 42.6 Å². The molecule has 0 spiro atoms. The lowest BCUT2D eigenvalue weighted by molar-refractivity contribution is -0.128. The van der Waals surface area contributed by atoms with Gasteiger partial charge in [-0.2, -0.15) is 0 Å². The molecule has 142 valence electrons. The summed E-state index contributed by atoms with van der Waals surface area (Å²) in [6.45, 7) is 2.90. The number of aromatic nitrogens is 1. The van der Waals surface area contributed by atoms with Crippen LogP contribution in [-0.4, -0.2) is 42.5 Å². The Balaban J connectivity index is 1.73. The van der Waals surface area contributed by atoms with Crippen molar-refractivity contribution in [1.29, 1.82) is 0 Å². The fourth-order valence-corrected chi connectivity index (χ4v) is 2.96. The molecule has 0 saturated carbocycles. The molecule has 2 aromatic rings. The Kier molecular flexibility index (Phi) is 6.13. The number of anilines is 2. The molecule has 3 rings (SSSR count).